The molecule has 1 fully saturated rings. The summed E-state index contributed by atoms with van der Waals surface area (Å²) in [4.78, 5) is 24.4. The predicted molar refractivity (Wildman–Crippen MR) is 116 cm³/mol. The maximum absolute atomic E-state index is 14.2. The summed E-state index contributed by atoms with van der Waals surface area (Å²) in [5.41, 5.74) is 6.09. The number of anilines is 1. The number of carbonyl (C=O) groups is 2. The zero-order chi connectivity index (χ0) is 22.9. The number of hydrogen-bond acceptors (Lipinski definition) is 4. The van der Waals surface area contributed by atoms with Crippen molar-refractivity contribution in [2.45, 2.75) is 51.0 Å². The lowest BCUT2D eigenvalue weighted by atomic mass is 10.1. The van der Waals surface area contributed by atoms with Crippen LogP contribution < -0.4 is 11.1 Å². The summed E-state index contributed by atoms with van der Waals surface area (Å²) in [6.07, 6.45) is 2.57. The molecule has 3 N–H and O–H groups in total. The third kappa shape index (κ3) is 4.62. The molecule has 2 aromatic carbocycles. The van der Waals surface area contributed by atoms with E-state index in [0.29, 0.717) is 12.1 Å². The van der Waals surface area contributed by atoms with Gasteiger partial charge in [-0.15, -0.1) is 0 Å². The van der Waals surface area contributed by atoms with Crippen LogP contribution in [0.1, 0.15) is 58.0 Å². The van der Waals surface area contributed by atoms with Gasteiger partial charge in [0.05, 0.1) is 4.90 Å². The van der Waals surface area contributed by atoms with E-state index in [1.807, 2.05) is 6.92 Å². The molecular weight excluding hydrogens is 421 g/mol. The summed E-state index contributed by atoms with van der Waals surface area (Å²) in [7, 11) is -3.76. The number of nitrogens with two attached hydrogens (primary N) is 1. The first kappa shape index (κ1) is 22.9. The highest BCUT2D eigenvalue weighted by atomic mass is 32.2. The summed E-state index contributed by atoms with van der Waals surface area (Å²) >= 11 is 0. The van der Waals surface area contributed by atoms with Gasteiger partial charge in [0.15, 0.2) is 0 Å². The van der Waals surface area contributed by atoms with Gasteiger partial charge in [-0.25, -0.2) is 12.8 Å². The highest BCUT2D eigenvalue weighted by molar-refractivity contribution is 7.89. The van der Waals surface area contributed by atoms with E-state index >= 15 is 0 Å². The molecule has 0 radical (unpaired) electrons. The number of carbonyl (C=O) groups excluding carboxylic acids is 2. The van der Waals surface area contributed by atoms with Crippen molar-refractivity contribution < 1.29 is 22.4 Å². The lowest BCUT2D eigenvalue weighted by molar-refractivity contribution is 0.0995. The number of nitrogens with zero attached hydrogens (tertiary/aromatic N) is 1. The van der Waals surface area contributed by atoms with Gasteiger partial charge < -0.3 is 11.1 Å². The molecule has 166 valence electrons. The maximum atomic E-state index is 14.2. The minimum atomic E-state index is -3.76. The fourth-order valence-electron chi connectivity index (χ4n) is 3.71. The largest absolute Gasteiger partial charge is 0.366 e. The first-order valence-electron chi connectivity index (χ1n) is 10.1. The molecule has 0 aliphatic carbocycles. The minimum Gasteiger partial charge on any atom is -0.366 e. The standard InChI is InChI=1S/C22H26FN3O4S/c1-13-7-8-17(31(29,30)26-9-5-4-6-14(26)2)12-18(13)22(28)25-20-11-16(21(24)27)10-19(23)15(20)3/h7-8,10-12,14H,4-6,9H2,1-3H3,(H2,24,27)(H,25,28). The Hall–Kier alpha value is -2.78. The van der Waals surface area contributed by atoms with Crippen molar-refractivity contribution in [2.75, 3.05) is 11.9 Å². The zero-order valence-electron chi connectivity index (χ0n) is 17.7. The Morgan fingerprint density at radius 3 is 2.52 bits per heavy atom. The van der Waals surface area contributed by atoms with Gasteiger partial charge in [0, 0.05) is 35.0 Å². The lowest BCUT2D eigenvalue weighted by Crippen LogP contribution is -2.42. The molecular formula is C22H26FN3O4S. The molecule has 2 amide bonds. The van der Waals surface area contributed by atoms with Crippen LogP contribution in [0, 0.1) is 19.7 Å². The Balaban J connectivity index is 1.96. The lowest BCUT2D eigenvalue weighted by Gasteiger charge is -2.32. The Morgan fingerprint density at radius 1 is 1.16 bits per heavy atom. The van der Waals surface area contributed by atoms with Crippen LogP contribution in [0.25, 0.3) is 0 Å². The van der Waals surface area contributed by atoms with Crippen LogP contribution >= 0.6 is 0 Å². The normalized spacial score (nSPS) is 17.4. The second-order valence-electron chi connectivity index (χ2n) is 7.89. The summed E-state index contributed by atoms with van der Waals surface area (Å²) in [6, 6.07) is 6.59. The SMILES string of the molecule is Cc1ccc(S(=O)(=O)N2CCCCC2C)cc1C(=O)Nc1cc(C(N)=O)cc(F)c1C. The quantitative estimate of drug-likeness (QED) is 0.732. The van der Waals surface area contributed by atoms with Crippen molar-refractivity contribution in [2.24, 2.45) is 5.73 Å². The molecule has 31 heavy (non-hydrogen) atoms. The van der Waals surface area contributed by atoms with Crippen LogP contribution in [0.4, 0.5) is 10.1 Å². The number of hydrogen-bond donors (Lipinski definition) is 2. The van der Waals surface area contributed by atoms with Crippen molar-refractivity contribution in [3.05, 3.63) is 58.4 Å². The smallest absolute Gasteiger partial charge is 0.255 e. The maximum Gasteiger partial charge on any atom is 0.255 e. The van der Waals surface area contributed by atoms with Crippen LogP contribution in [0.3, 0.4) is 0 Å². The van der Waals surface area contributed by atoms with Crippen LogP contribution in [-0.2, 0) is 10.0 Å². The number of sulfonamides is 1. The molecule has 1 heterocycles. The van der Waals surface area contributed by atoms with Crippen LogP contribution in [0.5, 0.6) is 0 Å². The number of primary amides is 1. The monoisotopic (exact) mass is 447 g/mol. The first-order valence-corrected chi connectivity index (χ1v) is 11.5. The molecule has 0 saturated carbocycles. The molecule has 9 heteroatoms. The molecule has 1 saturated heterocycles. The molecule has 1 aliphatic rings. The third-order valence-corrected chi connectivity index (χ3v) is 7.69. The van der Waals surface area contributed by atoms with Crippen molar-refractivity contribution >= 4 is 27.5 Å². The van der Waals surface area contributed by atoms with E-state index in [1.54, 1.807) is 13.0 Å². The molecule has 3 rings (SSSR count). The van der Waals surface area contributed by atoms with Gasteiger partial charge in [0.1, 0.15) is 5.82 Å². The topological polar surface area (TPSA) is 110 Å². The van der Waals surface area contributed by atoms with E-state index < -0.39 is 27.7 Å². The van der Waals surface area contributed by atoms with Gasteiger partial charge in [0.25, 0.3) is 5.91 Å². The zero-order valence-corrected chi connectivity index (χ0v) is 18.6. The summed E-state index contributed by atoms with van der Waals surface area (Å²) in [5, 5.41) is 2.58. The fourth-order valence-corrected chi connectivity index (χ4v) is 5.44. The van der Waals surface area contributed by atoms with Gasteiger partial charge >= 0.3 is 0 Å². The molecule has 7 nitrogen and oxygen atoms in total. The van der Waals surface area contributed by atoms with Gasteiger partial charge in [-0.05, 0) is 63.4 Å². The Morgan fingerprint density at radius 2 is 1.87 bits per heavy atom. The van der Waals surface area contributed by atoms with E-state index in [-0.39, 0.29) is 33.3 Å². The Labute approximate surface area is 181 Å². The number of rotatable bonds is 5. The van der Waals surface area contributed by atoms with Gasteiger partial charge in [0.2, 0.25) is 15.9 Å². The molecule has 0 spiro atoms. The highest BCUT2D eigenvalue weighted by Crippen LogP contribution is 2.27. The van der Waals surface area contributed by atoms with Crippen molar-refractivity contribution in [1.29, 1.82) is 0 Å². The molecule has 0 bridgehead atoms. The number of aryl methyl sites for hydroxylation is 1. The number of benzene rings is 2. The highest BCUT2D eigenvalue weighted by Gasteiger charge is 2.31. The number of halogens is 1. The Kier molecular flexibility index (Phi) is 6.47. The van der Waals surface area contributed by atoms with Gasteiger partial charge in [-0.3, -0.25) is 9.59 Å². The van der Waals surface area contributed by atoms with Gasteiger partial charge in [-0.1, -0.05) is 12.5 Å². The van der Waals surface area contributed by atoms with E-state index in [0.717, 1.165) is 25.3 Å². The predicted octanol–water partition coefficient (Wildman–Crippen LogP) is 3.36. The van der Waals surface area contributed by atoms with Crippen LogP contribution in [0.15, 0.2) is 35.2 Å². The molecule has 1 aliphatic heterocycles. The molecule has 1 atom stereocenters. The van der Waals surface area contributed by atoms with Gasteiger partial charge in [-0.2, -0.15) is 4.31 Å². The average Bonchev–Trinajstić information content (AvgIpc) is 2.71. The molecule has 0 aromatic heterocycles. The summed E-state index contributed by atoms with van der Waals surface area (Å²) in [5.74, 6) is -2.11. The fraction of sp³-hybridized carbons (Fsp3) is 0.364. The summed E-state index contributed by atoms with van der Waals surface area (Å²) in [6.45, 7) is 5.46. The van der Waals surface area contributed by atoms with Crippen LogP contribution in [0.2, 0.25) is 0 Å². The van der Waals surface area contributed by atoms with E-state index in [9.17, 15) is 22.4 Å². The van der Waals surface area contributed by atoms with Crippen molar-refractivity contribution in [3.63, 3.8) is 0 Å². The minimum absolute atomic E-state index is 0.0331. The van der Waals surface area contributed by atoms with E-state index in [1.165, 1.54) is 29.4 Å². The van der Waals surface area contributed by atoms with Crippen molar-refractivity contribution in [3.8, 4) is 0 Å². The second kappa shape index (κ2) is 8.76. The average molecular weight is 448 g/mol. The number of amides is 2. The van der Waals surface area contributed by atoms with E-state index in [2.05, 4.69) is 5.32 Å². The first-order chi connectivity index (χ1) is 14.5. The Bertz CT molecular complexity index is 1150. The summed E-state index contributed by atoms with van der Waals surface area (Å²) < 4.78 is 41.9. The second-order valence-corrected chi connectivity index (χ2v) is 9.78. The molecule has 1 unspecified atom stereocenters. The van der Waals surface area contributed by atoms with E-state index in [4.69, 9.17) is 5.73 Å². The third-order valence-electron chi connectivity index (χ3n) is 5.68. The molecule has 2 aromatic rings. The number of piperidine rings is 1. The van der Waals surface area contributed by atoms with Crippen molar-refractivity contribution in [1.82, 2.24) is 4.31 Å². The number of nitrogens with one attached hydrogen (secondary N) is 1. The van der Waals surface area contributed by atoms with Crippen LogP contribution in [-0.4, -0.2) is 37.1 Å².